The average molecular weight is 426 g/mol. The molecular formula is C24H28FN3O3. The van der Waals surface area contributed by atoms with Crippen molar-refractivity contribution < 1.29 is 18.7 Å². The van der Waals surface area contributed by atoms with Crippen LogP contribution in [0.15, 0.2) is 48.7 Å². The third kappa shape index (κ3) is 4.86. The second kappa shape index (κ2) is 9.45. The summed E-state index contributed by atoms with van der Waals surface area (Å²) in [5.74, 6) is 0.725. The lowest BCUT2D eigenvalue weighted by Gasteiger charge is -2.36. The number of ether oxygens (including phenoxy) is 1. The van der Waals surface area contributed by atoms with E-state index in [0.717, 1.165) is 31.7 Å². The van der Waals surface area contributed by atoms with Crippen molar-refractivity contribution >= 4 is 11.8 Å². The van der Waals surface area contributed by atoms with E-state index < -0.39 is 5.82 Å². The van der Waals surface area contributed by atoms with Crippen molar-refractivity contribution in [3.63, 3.8) is 0 Å². The molecule has 2 atom stereocenters. The number of hydrogen-bond donors (Lipinski definition) is 0. The van der Waals surface area contributed by atoms with Gasteiger partial charge < -0.3 is 14.5 Å². The van der Waals surface area contributed by atoms with Crippen LogP contribution < -0.4 is 4.74 Å². The maximum absolute atomic E-state index is 14.2. The third-order valence-corrected chi connectivity index (χ3v) is 6.54. The Hall–Kier alpha value is -2.96. The quantitative estimate of drug-likeness (QED) is 0.738. The van der Waals surface area contributed by atoms with Gasteiger partial charge in [0.15, 0.2) is 11.5 Å². The van der Waals surface area contributed by atoms with Crippen LogP contribution >= 0.6 is 0 Å². The van der Waals surface area contributed by atoms with E-state index >= 15 is 0 Å². The summed E-state index contributed by atoms with van der Waals surface area (Å²) < 4.78 is 20.2. The molecule has 0 radical (unpaired) electrons. The summed E-state index contributed by atoms with van der Waals surface area (Å²) in [6.45, 7) is 4.66. The molecular weight excluding hydrogens is 397 g/mol. The van der Waals surface area contributed by atoms with Gasteiger partial charge in [0.25, 0.3) is 5.91 Å². The number of nitrogens with zero attached hydrogens (tertiary/aromatic N) is 3. The number of aromatic nitrogens is 1. The van der Waals surface area contributed by atoms with Gasteiger partial charge in [-0.15, -0.1) is 0 Å². The van der Waals surface area contributed by atoms with E-state index in [-0.39, 0.29) is 29.3 Å². The predicted octanol–water partition coefficient (Wildman–Crippen LogP) is 3.25. The minimum atomic E-state index is -0.595. The topological polar surface area (TPSA) is 62.7 Å². The molecule has 31 heavy (non-hydrogen) atoms. The van der Waals surface area contributed by atoms with E-state index in [0.29, 0.717) is 25.6 Å². The summed E-state index contributed by atoms with van der Waals surface area (Å²) in [7, 11) is 0. The number of piperidine rings is 1. The fraction of sp³-hybridized carbons (Fsp3) is 0.458. The molecule has 0 saturated carbocycles. The standard InChI is InChI=1S/C24H28FN3O3/c1-17(29)27-12-9-18(10-13-27)21-15-28(24(30)23-22(25)8-5-11-26-23)14-19(21)16-31-20-6-3-2-4-7-20/h2-8,11,18-19,21H,9-10,12-16H2,1H3/t19-,21-/m0/s1. The summed E-state index contributed by atoms with van der Waals surface area (Å²) in [6.07, 6.45) is 3.26. The van der Waals surface area contributed by atoms with Crippen LogP contribution in [0, 0.1) is 23.6 Å². The van der Waals surface area contributed by atoms with Crippen LogP contribution in [-0.2, 0) is 4.79 Å². The van der Waals surface area contributed by atoms with Gasteiger partial charge >= 0.3 is 0 Å². The molecule has 1 aromatic heterocycles. The highest BCUT2D eigenvalue weighted by Crippen LogP contribution is 2.36. The summed E-state index contributed by atoms with van der Waals surface area (Å²) in [4.78, 5) is 32.2. The van der Waals surface area contributed by atoms with Crippen molar-refractivity contribution in [2.45, 2.75) is 19.8 Å². The van der Waals surface area contributed by atoms with Crippen molar-refractivity contribution in [2.75, 3.05) is 32.8 Å². The minimum Gasteiger partial charge on any atom is -0.493 e. The van der Waals surface area contributed by atoms with Crippen LogP contribution in [0.25, 0.3) is 0 Å². The van der Waals surface area contributed by atoms with Gasteiger partial charge in [-0.3, -0.25) is 9.59 Å². The van der Waals surface area contributed by atoms with Crippen molar-refractivity contribution in [1.29, 1.82) is 0 Å². The van der Waals surface area contributed by atoms with Gasteiger partial charge in [0.2, 0.25) is 5.91 Å². The SMILES string of the molecule is CC(=O)N1CCC([C@@H]2CN(C(=O)c3ncccc3F)C[C@H]2COc2ccccc2)CC1. The molecule has 2 saturated heterocycles. The van der Waals surface area contributed by atoms with Gasteiger partial charge in [0.1, 0.15) is 5.75 Å². The van der Waals surface area contributed by atoms with E-state index in [1.165, 1.54) is 18.3 Å². The number of carbonyl (C=O) groups excluding carboxylic acids is 2. The van der Waals surface area contributed by atoms with Crippen LogP contribution in [0.3, 0.4) is 0 Å². The Morgan fingerprint density at radius 2 is 1.81 bits per heavy atom. The largest absolute Gasteiger partial charge is 0.493 e. The molecule has 2 aromatic rings. The number of hydrogen-bond acceptors (Lipinski definition) is 4. The van der Waals surface area contributed by atoms with Crippen molar-refractivity contribution in [1.82, 2.24) is 14.8 Å². The highest BCUT2D eigenvalue weighted by atomic mass is 19.1. The molecule has 0 aliphatic carbocycles. The maximum atomic E-state index is 14.2. The van der Waals surface area contributed by atoms with Gasteiger partial charge in [0.05, 0.1) is 6.61 Å². The van der Waals surface area contributed by atoms with Gasteiger partial charge in [0, 0.05) is 45.2 Å². The Labute approximate surface area is 182 Å². The Kier molecular flexibility index (Phi) is 6.49. The molecule has 0 spiro atoms. The first-order valence-corrected chi connectivity index (χ1v) is 10.9. The fourth-order valence-corrected chi connectivity index (χ4v) is 4.83. The van der Waals surface area contributed by atoms with Crippen LogP contribution in [-0.4, -0.2) is 59.4 Å². The predicted molar refractivity (Wildman–Crippen MR) is 114 cm³/mol. The van der Waals surface area contributed by atoms with Crippen LogP contribution in [0.1, 0.15) is 30.3 Å². The number of carbonyl (C=O) groups is 2. The lowest BCUT2D eigenvalue weighted by molar-refractivity contribution is -0.130. The highest BCUT2D eigenvalue weighted by molar-refractivity contribution is 5.92. The number of amides is 2. The normalized spacial score (nSPS) is 21.9. The summed E-state index contributed by atoms with van der Waals surface area (Å²) in [5.41, 5.74) is -0.128. The molecule has 2 aliphatic rings. The smallest absolute Gasteiger partial charge is 0.275 e. The lowest BCUT2D eigenvalue weighted by atomic mass is 9.78. The van der Waals surface area contributed by atoms with Gasteiger partial charge in [-0.05, 0) is 48.9 Å². The van der Waals surface area contributed by atoms with Crippen molar-refractivity contribution in [3.05, 3.63) is 60.2 Å². The first-order valence-electron chi connectivity index (χ1n) is 10.9. The zero-order valence-electron chi connectivity index (χ0n) is 17.7. The molecule has 3 heterocycles. The Morgan fingerprint density at radius 3 is 2.48 bits per heavy atom. The zero-order chi connectivity index (χ0) is 21.8. The summed E-state index contributed by atoms with van der Waals surface area (Å²) in [6, 6.07) is 12.4. The number of benzene rings is 1. The molecule has 0 unspecified atom stereocenters. The number of para-hydroxylation sites is 1. The van der Waals surface area contributed by atoms with Crippen LogP contribution in [0.4, 0.5) is 4.39 Å². The second-order valence-corrected chi connectivity index (χ2v) is 8.44. The minimum absolute atomic E-state index is 0.108. The first kappa shape index (κ1) is 21.3. The average Bonchev–Trinajstić information content (AvgIpc) is 3.22. The second-order valence-electron chi connectivity index (χ2n) is 8.44. The monoisotopic (exact) mass is 425 g/mol. The van der Waals surface area contributed by atoms with E-state index in [4.69, 9.17) is 4.74 Å². The maximum Gasteiger partial charge on any atom is 0.275 e. The Balaban J connectivity index is 1.48. The first-order chi connectivity index (χ1) is 15.0. The van der Waals surface area contributed by atoms with E-state index in [1.54, 1.807) is 11.8 Å². The molecule has 7 heteroatoms. The van der Waals surface area contributed by atoms with Gasteiger partial charge in [-0.2, -0.15) is 0 Å². The zero-order valence-corrected chi connectivity index (χ0v) is 17.7. The summed E-state index contributed by atoms with van der Waals surface area (Å²) in [5, 5.41) is 0. The molecule has 2 aliphatic heterocycles. The summed E-state index contributed by atoms with van der Waals surface area (Å²) >= 11 is 0. The van der Waals surface area contributed by atoms with E-state index in [2.05, 4.69) is 4.98 Å². The lowest BCUT2D eigenvalue weighted by Crippen LogP contribution is -2.40. The Morgan fingerprint density at radius 1 is 1.06 bits per heavy atom. The van der Waals surface area contributed by atoms with E-state index in [1.807, 2.05) is 35.2 Å². The van der Waals surface area contributed by atoms with Gasteiger partial charge in [-0.25, -0.2) is 9.37 Å². The Bertz CT molecular complexity index is 915. The molecule has 2 fully saturated rings. The van der Waals surface area contributed by atoms with Gasteiger partial charge in [-0.1, -0.05) is 18.2 Å². The van der Waals surface area contributed by atoms with Crippen molar-refractivity contribution in [3.8, 4) is 5.75 Å². The van der Waals surface area contributed by atoms with Crippen molar-refractivity contribution in [2.24, 2.45) is 17.8 Å². The van der Waals surface area contributed by atoms with E-state index in [9.17, 15) is 14.0 Å². The number of rotatable bonds is 5. The number of pyridine rings is 1. The molecule has 1 aromatic carbocycles. The van der Waals surface area contributed by atoms with Crippen LogP contribution in [0.2, 0.25) is 0 Å². The number of halogens is 1. The van der Waals surface area contributed by atoms with Crippen LogP contribution in [0.5, 0.6) is 5.75 Å². The number of likely N-dealkylation sites (tertiary alicyclic amines) is 2. The molecule has 4 rings (SSSR count). The molecule has 0 N–H and O–H groups in total. The molecule has 6 nitrogen and oxygen atoms in total. The molecule has 0 bridgehead atoms. The molecule has 2 amide bonds. The molecule has 164 valence electrons. The third-order valence-electron chi connectivity index (χ3n) is 6.54. The fourth-order valence-electron chi connectivity index (χ4n) is 4.83. The highest BCUT2D eigenvalue weighted by Gasteiger charge is 2.42.